The molecule has 3 N–H and O–H groups in total. The highest BCUT2D eigenvalue weighted by atomic mass is 79.9. The number of benzene rings is 4. The van der Waals surface area contributed by atoms with Crippen molar-refractivity contribution in [1.82, 2.24) is 19.5 Å². The molecule has 0 aliphatic carbocycles. The summed E-state index contributed by atoms with van der Waals surface area (Å²) >= 11 is 6.89. The smallest absolute Gasteiger partial charge is 0.100 e. The Bertz CT molecular complexity index is 1990. The monoisotopic (exact) mass is 688 g/mol. The van der Waals surface area contributed by atoms with Gasteiger partial charge in [0.1, 0.15) is 6.33 Å². The number of halogens is 2. The first-order valence-electron chi connectivity index (χ1n) is 13.5. The third-order valence-electron chi connectivity index (χ3n) is 6.78. The van der Waals surface area contributed by atoms with E-state index in [1.807, 2.05) is 79.4 Å². The van der Waals surface area contributed by atoms with Gasteiger partial charge in [0.15, 0.2) is 0 Å². The Balaban J connectivity index is 0.000000153. The average Bonchev–Trinajstić information content (AvgIpc) is 3.47. The van der Waals surface area contributed by atoms with E-state index >= 15 is 0 Å². The van der Waals surface area contributed by atoms with Crippen molar-refractivity contribution in [3.63, 3.8) is 0 Å². The molecule has 3 aromatic heterocycles. The quantitative estimate of drug-likeness (QED) is 0.176. The van der Waals surface area contributed by atoms with Gasteiger partial charge in [0.2, 0.25) is 0 Å². The van der Waals surface area contributed by atoms with E-state index in [9.17, 15) is 0 Å². The van der Waals surface area contributed by atoms with Crippen LogP contribution in [0.1, 0.15) is 0 Å². The van der Waals surface area contributed by atoms with Crippen molar-refractivity contribution in [3.8, 4) is 27.9 Å². The molecule has 0 spiro atoms. The van der Waals surface area contributed by atoms with Crippen LogP contribution in [-0.2, 0) is 0 Å². The molecule has 0 saturated heterocycles. The molecular weight excluding hydrogens is 664 g/mol. The minimum atomic E-state index is 0.705. The van der Waals surface area contributed by atoms with Gasteiger partial charge in [-0.15, -0.1) is 0 Å². The van der Waals surface area contributed by atoms with Crippen LogP contribution in [0.5, 0.6) is 0 Å². The molecule has 0 amide bonds. The molecule has 0 fully saturated rings. The lowest BCUT2D eigenvalue weighted by Gasteiger charge is -2.11. The van der Waals surface area contributed by atoms with E-state index in [-0.39, 0.29) is 0 Å². The van der Waals surface area contributed by atoms with Crippen LogP contribution >= 0.6 is 31.9 Å². The molecule has 3 heterocycles. The number of hydrogen-bond acceptors (Lipinski definition) is 5. The first kappa shape index (κ1) is 28.3. The average molecular weight is 690 g/mol. The van der Waals surface area contributed by atoms with Gasteiger partial charge in [0.25, 0.3) is 0 Å². The number of hydrogen-bond donors (Lipinski definition) is 2. The van der Waals surface area contributed by atoms with E-state index in [0.29, 0.717) is 5.69 Å². The predicted molar refractivity (Wildman–Crippen MR) is 184 cm³/mol. The van der Waals surface area contributed by atoms with Crippen molar-refractivity contribution in [2.24, 2.45) is 0 Å². The lowest BCUT2D eigenvalue weighted by molar-refractivity contribution is 1.09. The predicted octanol–water partition coefficient (Wildman–Crippen LogP) is 9.69. The van der Waals surface area contributed by atoms with Crippen molar-refractivity contribution in [2.75, 3.05) is 11.1 Å². The SMILES string of the molecule is Brc1ccc2c(c1)ncn2-c1cccc(-c2cccnc2)c1.Nc1cc(Br)ccc1Nc1cccc(-c2cccnc2)c1. The molecule has 0 saturated carbocycles. The van der Waals surface area contributed by atoms with Gasteiger partial charge in [-0.1, -0.05) is 68.3 Å². The molecule has 7 aromatic rings. The van der Waals surface area contributed by atoms with E-state index in [1.54, 1.807) is 12.4 Å². The minimum absolute atomic E-state index is 0.705. The Hall–Kier alpha value is -4.79. The lowest BCUT2D eigenvalue weighted by atomic mass is 10.1. The highest BCUT2D eigenvalue weighted by Gasteiger charge is 2.07. The van der Waals surface area contributed by atoms with Gasteiger partial charge in [0.05, 0.1) is 22.4 Å². The first-order chi connectivity index (χ1) is 21.0. The molecule has 0 unspecified atom stereocenters. The molecule has 0 atom stereocenters. The summed E-state index contributed by atoms with van der Waals surface area (Å²) in [6.45, 7) is 0. The summed E-state index contributed by atoms with van der Waals surface area (Å²) in [5.74, 6) is 0. The number of rotatable bonds is 5. The molecule has 6 nitrogen and oxygen atoms in total. The van der Waals surface area contributed by atoms with E-state index < -0.39 is 0 Å². The Morgan fingerprint density at radius 2 is 1.28 bits per heavy atom. The Kier molecular flexibility index (Phi) is 8.58. The number of nitrogens with one attached hydrogen (secondary N) is 1. The molecule has 0 aliphatic heterocycles. The number of imidazole rings is 1. The second-order valence-electron chi connectivity index (χ2n) is 9.72. The van der Waals surface area contributed by atoms with Gasteiger partial charge in [-0.05, 0) is 83.9 Å². The molecule has 210 valence electrons. The van der Waals surface area contributed by atoms with Gasteiger partial charge in [-0.3, -0.25) is 14.5 Å². The fourth-order valence-corrected chi connectivity index (χ4v) is 5.40. The minimum Gasteiger partial charge on any atom is -0.397 e. The second-order valence-corrected chi connectivity index (χ2v) is 11.6. The van der Waals surface area contributed by atoms with E-state index in [1.165, 1.54) is 0 Å². The summed E-state index contributed by atoms with van der Waals surface area (Å²) in [4.78, 5) is 12.8. The molecule has 7 rings (SSSR count). The summed E-state index contributed by atoms with van der Waals surface area (Å²) in [5, 5.41) is 3.34. The Labute approximate surface area is 266 Å². The number of fused-ring (bicyclic) bond motifs is 1. The molecule has 43 heavy (non-hydrogen) atoms. The maximum atomic E-state index is 6.02. The zero-order valence-electron chi connectivity index (χ0n) is 22.9. The summed E-state index contributed by atoms with van der Waals surface area (Å²) in [5.41, 5.74) is 16.2. The van der Waals surface area contributed by atoms with Crippen molar-refractivity contribution >= 4 is 60.0 Å². The van der Waals surface area contributed by atoms with Crippen molar-refractivity contribution < 1.29 is 0 Å². The lowest BCUT2D eigenvalue weighted by Crippen LogP contribution is -1.96. The molecule has 8 heteroatoms. The van der Waals surface area contributed by atoms with Gasteiger partial charge in [0, 0.05) is 56.2 Å². The molecular formula is C35H26Br2N6. The summed E-state index contributed by atoms with van der Waals surface area (Å²) in [6, 6.07) is 36.5. The van der Waals surface area contributed by atoms with E-state index in [2.05, 4.69) is 105 Å². The number of aromatic nitrogens is 4. The zero-order valence-corrected chi connectivity index (χ0v) is 26.1. The highest BCUT2D eigenvalue weighted by Crippen LogP contribution is 2.29. The van der Waals surface area contributed by atoms with E-state index in [0.717, 1.165) is 59.3 Å². The van der Waals surface area contributed by atoms with E-state index in [4.69, 9.17) is 5.73 Å². The van der Waals surface area contributed by atoms with Gasteiger partial charge < -0.3 is 11.1 Å². The third kappa shape index (κ3) is 6.83. The number of nitrogen functional groups attached to an aromatic ring is 1. The molecule has 0 radical (unpaired) electrons. The van der Waals surface area contributed by atoms with Crippen LogP contribution in [0.2, 0.25) is 0 Å². The summed E-state index contributed by atoms with van der Waals surface area (Å²) in [6.07, 6.45) is 9.15. The standard InChI is InChI=1S/C18H12BrN3.C17H14BrN3/c19-15-6-7-18-17(10-15)21-12-22(18)16-5-1-3-13(9-16)14-4-2-8-20-11-14;18-14-6-7-17(16(19)10-14)21-15-5-1-3-12(9-15)13-4-2-8-20-11-13/h1-12H;1-11,21H,19H2. The second kappa shape index (κ2) is 13.0. The molecule has 0 bridgehead atoms. The van der Waals surface area contributed by atoms with Crippen LogP contribution in [0.4, 0.5) is 17.1 Å². The number of pyridine rings is 2. The van der Waals surface area contributed by atoms with Crippen LogP contribution in [0.3, 0.4) is 0 Å². The Morgan fingerprint density at radius 3 is 1.98 bits per heavy atom. The normalized spacial score (nSPS) is 10.7. The largest absolute Gasteiger partial charge is 0.397 e. The zero-order chi connectivity index (χ0) is 29.6. The van der Waals surface area contributed by atoms with Crippen LogP contribution in [0.25, 0.3) is 39.0 Å². The third-order valence-corrected chi connectivity index (χ3v) is 7.77. The van der Waals surface area contributed by atoms with Gasteiger partial charge in [-0.2, -0.15) is 0 Å². The van der Waals surface area contributed by atoms with Crippen molar-refractivity contribution in [3.05, 3.63) is 149 Å². The molecule has 4 aromatic carbocycles. The first-order valence-corrected chi connectivity index (χ1v) is 15.1. The maximum Gasteiger partial charge on any atom is 0.100 e. The topological polar surface area (TPSA) is 81.7 Å². The van der Waals surface area contributed by atoms with Crippen molar-refractivity contribution in [1.29, 1.82) is 0 Å². The Morgan fingerprint density at radius 1 is 0.628 bits per heavy atom. The fraction of sp³-hybridized carbons (Fsp3) is 0. The summed E-state index contributed by atoms with van der Waals surface area (Å²) < 4.78 is 4.10. The van der Waals surface area contributed by atoms with Crippen LogP contribution in [0, 0.1) is 0 Å². The number of nitrogens with zero attached hydrogens (tertiary/aromatic N) is 4. The highest BCUT2D eigenvalue weighted by molar-refractivity contribution is 9.10. The molecule has 0 aliphatic rings. The van der Waals surface area contributed by atoms with Crippen LogP contribution < -0.4 is 11.1 Å². The number of anilines is 3. The van der Waals surface area contributed by atoms with Gasteiger partial charge in [-0.25, -0.2) is 4.98 Å². The maximum absolute atomic E-state index is 6.02. The van der Waals surface area contributed by atoms with Crippen molar-refractivity contribution in [2.45, 2.75) is 0 Å². The van der Waals surface area contributed by atoms with Crippen LogP contribution in [0.15, 0.2) is 149 Å². The van der Waals surface area contributed by atoms with Gasteiger partial charge >= 0.3 is 0 Å². The number of nitrogens with two attached hydrogens (primary N) is 1. The van der Waals surface area contributed by atoms with Crippen LogP contribution in [-0.4, -0.2) is 19.5 Å². The fourth-order valence-electron chi connectivity index (χ4n) is 4.67. The summed E-state index contributed by atoms with van der Waals surface area (Å²) in [7, 11) is 0.